The maximum absolute atomic E-state index is 13.0. The van der Waals surface area contributed by atoms with Gasteiger partial charge in [-0.25, -0.2) is 4.39 Å². The van der Waals surface area contributed by atoms with E-state index < -0.39 is 6.10 Å². The molecule has 0 heterocycles. The Balaban J connectivity index is 1.93. The normalized spacial score (nSPS) is 17.8. The number of rotatable bonds is 3. The summed E-state index contributed by atoms with van der Waals surface area (Å²) in [6.07, 6.45) is 0.844. The molecule has 2 aromatic rings. The Morgan fingerprint density at radius 3 is 2.10 bits per heavy atom. The van der Waals surface area contributed by atoms with Gasteiger partial charge in [0.25, 0.3) is 0 Å². The van der Waals surface area contributed by atoms with Gasteiger partial charge in [-0.3, -0.25) is 0 Å². The fourth-order valence-electron chi connectivity index (χ4n) is 3.17. The molecule has 0 bridgehead atoms. The van der Waals surface area contributed by atoms with Crippen molar-refractivity contribution in [2.75, 3.05) is 6.54 Å². The lowest BCUT2D eigenvalue weighted by atomic mass is 9.76. The first kappa shape index (κ1) is 13.3. The van der Waals surface area contributed by atoms with Crippen molar-refractivity contribution < 1.29 is 9.50 Å². The molecule has 1 aliphatic carbocycles. The number of hydrogen-bond donors (Lipinski definition) is 2. The molecule has 0 aliphatic heterocycles. The van der Waals surface area contributed by atoms with Crippen molar-refractivity contribution in [3.05, 3.63) is 71.0 Å². The maximum atomic E-state index is 13.0. The lowest BCUT2D eigenvalue weighted by Gasteiger charge is -2.33. The molecular formula is C17H18FNO. The fourth-order valence-corrected chi connectivity index (χ4v) is 3.17. The minimum Gasteiger partial charge on any atom is -0.388 e. The third kappa shape index (κ3) is 2.13. The Kier molecular flexibility index (Phi) is 3.32. The zero-order valence-corrected chi connectivity index (χ0v) is 11.2. The van der Waals surface area contributed by atoms with E-state index >= 15 is 0 Å². The predicted octanol–water partition coefficient (Wildman–Crippen LogP) is 2.60. The zero-order chi connectivity index (χ0) is 14.2. The van der Waals surface area contributed by atoms with E-state index in [2.05, 4.69) is 12.1 Å². The molecule has 3 rings (SSSR count). The second-order valence-corrected chi connectivity index (χ2v) is 5.64. The summed E-state index contributed by atoms with van der Waals surface area (Å²) in [4.78, 5) is 0. The van der Waals surface area contributed by atoms with Gasteiger partial charge in [0.1, 0.15) is 5.82 Å². The first-order valence-electron chi connectivity index (χ1n) is 6.85. The molecule has 104 valence electrons. The standard InChI is InChI=1S/C17H18FNO/c18-15-7-5-12(6-8-15)16(20)17(11-19)9-13-3-1-2-4-14(13)10-17/h1-8,16,20H,9-11,19H2. The average Bonchev–Trinajstić information content (AvgIpc) is 2.87. The molecule has 0 spiro atoms. The van der Waals surface area contributed by atoms with E-state index in [-0.39, 0.29) is 11.2 Å². The molecule has 2 aromatic carbocycles. The van der Waals surface area contributed by atoms with E-state index in [1.807, 2.05) is 12.1 Å². The highest BCUT2D eigenvalue weighted by Crippen LogP contribution is 2.45. The lowest BCUT2D eigenvalue weighted by Crippen LogP contribution is -2.37. The molecule has 0 radical (unpaired) electrons. The van der Waals surface area contributed by atoms with Crippen molar-refractivity contribution >= 4 is 0 Å². The number of halogens is 1. The Morgan fingerprint density at radius 2 is 1.60 bits per heavy atom. The highest BCUT2D eigenvalue weighted by atomic mass is 19.1. The number of hydrogen-bond acceptors (Lipinski definition) is 2. The summed E-state index contributed by atoms with van der Waals surface area (Å²) in [6, 6.07) is 14.2. The summed E-state index contributed by atoms with van der Waals surface area (Å²) in [5.41, 5.74) is 8.82. The number of nitrogens with two attached hydrogens (primary N) is 1. The number of benzene rings is 2. The molecular weight excluding hydrogens is 253 g/mol. The molecule has 1 unspecified atom stereocenters. The van der Waals surface area contributed by atoms with Crippen LogP contribution in [0.1, 0.15) is 22.8 Å². The molecule has 3 heteroatoms. The van der Waals surface area contributed by atoms with E-state index in [9.17, 15) is 9.50 Å². The van der Waals surface area contributed by atoms with Gasteiger partial charge in [0.2, 0.25) is 0 Å². The van der Waals surface area contributed by atoms with Gasteiger partial charge in [-0.15, -0.1) is 0 Å². The number of aliphatic hydroxyl groups is 1. The van der Waals surface area contributed by atoms with Crippen molar-refractivity contribution in [3.63, 3.8) is 0 Å². The minimum atomic E-state index is -0.680. The summed E-state index contributed by atoms with van der Waals surface area (Å²) in [5.74, 6) is -0.294. The molecule has 0 saturated carbocycles. The van der Waals surface area contributed by atoms with Crippen molar-refractivity contribution in [2.45, 2.75) is 18.9 Å². The lowest BCUT2D eigenvalue weighted by molar-refractivity contribution is 0.0357. The van der Waals surface area contributed by atoms with Gasteiger partial charge >= 0.3 is 0 Å². The van der Waals surface area contributed by atoms with E-state index in [1.165, 1.54) is 23.3 Å². The van der Waals surface area contributed by atoms with Crippen molar-refractivity contribution in [2.24, 2.45) is 11.1 Å². The third-order valence-corrected chi connectivity index (χ3v) is 4.38. The van der Waals surface area contributed by atoms with Crippen LogP contribution >= 0.6 is 0 Å². The molecule has 3 N–H and O–H groups in total. The summed E-state index contributed by atoms with van der Waals surface area (Å²) >= 11 is 0. The first-order chi connectivity index (χ1) is 9.64. The van der Waals surface area contributed by atoms with Gasteiger partial charge < -0.3 is 10.8 Å². The van der Waals surface area contributed by atoms with Crippen molar-refractivity contribution in [1.29, 1.82) is 0 Å². The van der Waals surface area contributed by atoms with E-state index in [4.69, 9.17) is 5.73 Å². The van der Waals surface area contributed by atoms with Gasteiger partial charge in [0.05, 0.1) is 6.10 Å². The second kappa shape index (κ2) is 5.00. The van der Waals surface area contributed by atoms with Gasteiger partial charge in [0, 0.05) is 12.0 Å². The summed E-state index contributed by atoms with van der Waals surface area (Å²) < 4.78 is 13.0. The quantitative estimate of drug-likeness (QED) is 0.901. The van der Waals surface area contributed by atoms with Crippen LogP contribution in [0.3, 0.4) is 0 Å². The van der Waals surface area contributed by atoms with Crippen LogP contribution in [0.15, 0.2) is 48.5 Å². The highest BCUT2D eigenvalue weighted by Gasteiger charge is 2.42. The molecule has 0 fully saturated rings. The third-order valence-electron chi connectivity index (χ3n) is 4.38. The maximum Gasteiger partial charge on any atom is 0.123 e. The van der Waals surface area contributed by atoms with Gasteiger partial charge in [0.15, 0.2) is 0 Å². The minimum absolute atomic E-state index is 0.294. The Hall–Kier alpha value is -1.71. The van der Waals surface area contributed by atoms with Gasteiger partial charge in [-0.2, -0.15) is 0 Å². The molecule has 0 aromatic heterocycles. The van der Waals surface area contributed by atoms with Gasteiger partial charge in [-0.05, 0) is 41.7 Å². The van der Waals surface area contributed by atoms with E-state index in [1.54, 1.807) is 12.1 Å². The molecule has 0 amide bonds. The van der Waals surface area contributed by atoms with E-state index in [0.717, 1.165) is 18.4 Å². The van der Waals surface area contributed by atoms with Gasteiger partial charge in [-0.1, -0.05) is 36.4 Å². The van der Waals surface area contributed by atoms with Crippen LogP contribution in [0.4, 0.5) is 4.39 Å². The molecule has 20 heavy (non-hydrogen) atoms. The first-order valence-corrected chi connectivity index (χ1v) is 6.85. The average molecular weight is 271 g/mol. The smallest absolute Gasteiger partial charge is 0.123 e. The van der Waals surface area contributed by atoms with Crippen LogP contribution in [-0.4, -0.2) is 11.7 Å². The zero-order valence-electron chi connectivity index (χ0n) is 11.2. The Labute approximate surface area is 118 Å². The topological polar surface area (TPSA) is 46.2 Å². The van der Waals surface area contributed by atoms with Crippen LogP contribution in [0.5, 0.6) is 0 Å². The van der Waals surface area contributed by atoms with E-state index in [0.29, 0.717) is 6.54 Å². The summed E-state index contributed by atoms with van der Waals surface area (Å²) in [5, 5.41) is 10.7. The van der Waals surface area contributed by atoms with Crippen LogP contribution in [-0.2, 0) is 12.8 Å². The number of aliphatic hydroxyl groups excluding tert-OH is 1. The Bertz CT molecular complexity index is 584. The Morgan fingerprint density at radius 1 is 1.05 bits per heavy atom. The molecule has 2 nitrogen and oxygen atoms in total. The fraction of sp³-hybridized carbons (Fsp3) is 0.294. The van der Waals surface area contributed by atoms with Crippen LogP contribution in [0.25, 0.3) is 0 Å². The van der Waals surface area contributed by atoms with Crippen LogP contribution < -0.4 is 5.73 Å². The highest BCUT2D eigenvalue weighted by molar-refractivity contribution is 5.36. The largest absolute Gasteiger partial charge is 0.388 e. The van der Waals surface area contributed by atoms with Crippen LogP contribution in [0, 0.1) is 11.2 Å². The number of fused-ring (bicyclic) bond motifs is 1. The molecule has 1 aliphatic rings. The second-order valence-electron chi connectivity index (χ2n) is 5.64. The monoisotopic (exact) mass is 271 g/mol. The molecule has 0 saturated heterocycles. The summed E-state index contributed by atoms with van der Waals surface area (Å²) in [7, 11) is 0. The predicted molar refractivity (Wildman–Crippen MR) is 76.7 cm³/mol. The SMILES string of the molecule is NCC1(C(O)c2ccc(F)cc2)Cc2ccccc2C1. The summed E-state index contributed by atoms with van der Waals surface area (Å²) in [6.45, 7) is 0.403. The van der Waals surface area contributed by atoms with Crippen molar-refractivity contribution in [3.8, 4) is 0 Å². The van der Waals surface area contributed by atoms with Crippen molar-refractivity contribution in [1.82, 2.24) is 0 Å². The molecule has 1 atom stereocenters. The van der Waals surface area contributed by atoms with Crippen LogP contribution in [0.2, 0.25) is 0 Å².